The predicted octanol–water partition coefficient (Wildman–Crippen LogP) is 2.40. The molecule has 0 fully saturated rings. The summed E-state index contributed by atoms with van der Waals surface area (Å²) in [5.74, 6) is -1.07. The van der Waals surface area contributed by atoms with E-state index in [2.05, 4.69) is 0 Å². The molecule has 1 aromatic rings. The second-order valence-corrected chi connectivity index (χ2v) is 4.90. The zero-order valence-electron chi connectivity index (χ0n) is 12.8. The van der Waals surface area contributed by atoms with Crippen LogP contribution in [0, 0.1) is 0 Å². The molecule has 0 saturated carbocycles. The highest BCUT2D eigenvalue weighted by Gasteiger charge is 2.38. The van der Waals surface area contributed by atoms with Crippen molar-refractivity contribution in [2.45, 2.75) is 12.5 Å². The number of ether oxygens (including phenoxy) is 2. The van der Waals surface area contributed by atoms with Gasteiger partial charge in [0.1, 0.15) is 5.76 Å². The van der Waals surface area contributed by atoms with Crippen LogP contribution in [0.3, 0.4) is 0 Å². The van der Waals surface area contributed by atoms with E-state index in [1.807, 2.05) is 0 Å². The predicted molar refractivity (Wildman–Crippen MR) is 83.6 cm³/mol. The van der Waals surface area contributed by atoms with Crippen molar-refractivity contribution in [1.29, 1.82) is 0 Å². The van der Waals surface area contributed by atoms with Gasteiger partial charge < -0.3 is 9.47 Å². The topological polar surface area (TPSA) is 69.7 Å². The summed E-state index contributed by atoms with van der Waals surface area (Å²) in [5, 5.41) is 0. The Balaban J connectivity index is 2.30. The lowest BCUT2D eigenvalue weighted by Gasteiger charge is -2.26. The molecule has 1 aromatic carbocycles. The van der Waals surface area contributed by atoms with E-state index in [1.165, 1.54) is 44.4 Å². The van der Waals surface area contributed by atoms with Crippen LogP contribution in [0.25, 0.3) is 0 Å². The number of hydrogen-bond donors (Lipinski definition) is 0. The van der Waals surface area contributed by atoms with E-state index in [4.69, 9.17) is 9.47 Å². The number of methoxy groups -OCH3 is 1. The first kappa shape index (κ1) is 16.4. The summed E-state index contributed by atoms with van der Waals surface area (Å²) in [5.41, 5.74) is -1.15. The molecule has 1 atom stereocenters. The summed E-state index contributed by atoms with van der Waals surface area (Å²) >= 11 is 0. The van der Waals surface area contributed by atoms with Gasteiger partial charge in [0.05, 0.1) is 7.11 Å². The van der Waals surface area contributed by atoms with Crippen LogP contribution in [-0.4, -0.2) is 30.2 Å². The number of carbonyl (C=O) groups excluding carboxylic acids is 3. The summed E-state index contributed by atoms with van der Waals surface area (Å²) in [4.78, 5) is 35.8. The van der Waals surface area contributed by atoms with Crippen LogP contribution in [-0.2, 0) is 19.1 Å². The highest BCUT2D eigenvalue weighted by Crippen LogP contribution is 2.24. The van der Waals surface area contributed by atoms with Gasteiger partial charge in [0.25, 0.3) is 0 Å². The van der Waals surface area contributed by atoms with Crippen molar-refractivity contribution in [2.24, 2.45) is 0 Å². The molecule has 0 heterocycles. The van der Waals surface area contributed by atoms with Gasteiger partial charge in [-0.1, -0.05) is 30.3 Å². The molecule has 1 unspecified atom stereocenters. The number of rotatable bonds is 5. The van der Waals surface area contributed by atoms with E-state index in [-0.39, 0.29) is 5.78 Å². The standard InChI is InChI=1S/C18H16O5/c1-13(19)23-18(10-8-15(22-2)12-17(18)21)11-9-16(20)14-6-4-3-5-7-14/h3-12H,1-2H3. The maximum Gasteiger partial charge on any atom is 0.304 e. The lowest BCUT2D eigenvalue weighted by molar-refractivity contribution is -0.154. The minimum Gasteiger partial charge on any atom is -0.497 e. The van der Waals surface area contributed by atoms with Gasteiger partial charge in [-0.25, -0.2) is 0 Å². The molecule has 0 spiro atoms. The Labute approximate surface area is 133 Å². The second-order valence-electron chi connectivity index (χ2n) is 4.90. The Morgan fingerprint density at radius 2 is 1.87 bits per heavy atom. The molecule has 0 saturated heterocycles. The molecule has 5 nitrogen and oxygen atoms in total. The van der Waals surface area contributed by atoms with Crippen molar-refractivity contribution in [2.75, 3.05) is 7.11 Å². The van der Waals surface area contributed by atoms with Gasteiger partial charge in [0.15, 0.2) is 5.78 Å². The van der Waals surface area contributed by atoms with E-state index in [1.54, 1.807) is 30.3 Å². The van der Waals surface area contributed by atoms with E-state index in [0.717, 1.165) is 0 Å². The smallest absolute Gasteiger partial charge is 0.304 e. The van der Waals surface area contributed by atoms with E-state index in [0.29, 0.717) is 11.3 Å². The van der Waals surface area contributed by atoms with Gasteiger partial charge in [-0.05, 0) is 24.3 Å². The fourth-order valence-corrected chi connectivity index (χ4v) is 2.10. The van der Waals surface area contributed by atoms with Crippen LogP contribution in [0.2, 0.25) is 0 Å². The fourth-order valence-electron chi connectivity index (χ4n) is 2.10. The molecular formula is C18H16O5. The molecule has 0 amide bonds. The third-order valence-corrected chi connectivity index (χ3v) is 3.24. The summed E-state index contributed by atoms with van der Waals surface area (Å²) in [6, 6.07) is 8.59. The van der Waals surface area contributed by atoms with Gasteiger partial charge in [0.2, 0.25) is 11.4 Å². The molecule has 0 aromatic heterocycles. The Kier molecular flexibility index (Phi) is 4.91. The number of benzene rings is 1. The van der Waals surface area contributed by atoms with Crippen molar-refractivity contribution in [3.8, 4) is 0 Å². The van der Waals surface area contributed by atoms with Crippen LogP contribution in [0.1, 0.15) is 17.3 Å². The van der Waals surface area contributed by atoms with E-state index >= 15 is 0 Å². The average Bonchev–Trinajstić information content (AvgIpc) is 2.55. The molecule has 1 aliphatic rings. The first-order chi connectivity index (χ1) is 11.0. The monoisotopic (exact) mass is 312 g/mol. The summed E-state index contributed by atoms with van der Waals surface area (Å²) in [6.45, 7) is 1.20. The first-order valence-corrected chi connectivity index (χ1v) is 6.94. The third-order valence-electron chi connectivity index (χ3n) is 3.24. The minimum absolute atomic E-state index is 0.292. The molecule has 0 bridgehead atoms. The van der Waals surface area contributed by atoms with Crippen molar-refractivity contribution >= 4 is 17.5 Å². The quantitative estimate of drug-likeness (QED) is 0.474. The Morgan fingerprint density at radius 1 is 1.17 bits per heavy atom. The number of esters is 1. The van der Waals surface area contributed by atoms with Gasteiger partial charge in [-0.2, -0.15) is 0 Å². The number of allylic oxidation sites excluding steroid dienone is 2. The summed E-state index contributed by atoms with van der Waals surface area (Å²) < 4.78 is 10.1. The Hall–Kier alpha value is -2.95. The third kappa shape index (κ3) is 3.83. The molecule has 0 radical (unpaired) electrons. The molecule has 118 valence electrons. The maximum absolute atomic E-state index is 12.3. The molecule has 23 heavy (non-hydrogen) atoms. The molecule has 2 rings (SSSR count). The number of carbonyl (C=O) groups is 3. The maximum atomic E-state index is 12.3. The van der Waals surface area contributed by atoms with E-state index < -0.39 is 17.4 Å². The molecule has 1 aliphatic carbocycles. The lowest BCUT2D eigenvalue weighted by Crippen LogP contribution is -2.40. The van der Waals surface area contributed by atoms with Crippen LogP contribution < -0.4 is 0 Å². The fraction of sp³-hybridized carbons (Fsp3) is 0.167. The zero-order valence-corrected chi connectivity index (χ0v) is 12.8. The van der Waals surface area contributed by atoms with Gasteiger partial charge in [0, 0.05) is 18.6 Å². The van der Waals surface area contributed by atoms with Crippen LogP contribution >= 0.6 is 0 Å². The molecule has 5 heteroatoms. The largest absolute Gasteiger partial charge is 0.497 e. The van der Waals surface area contributed by atoms with Crippen molar-refractivity contribution in [3.63, 3.8) is 0 Å². The van der Waals surface area contributed by atoms with Crippen molar-refractivity contribution < 1.29 is 23.9 Å². The molecule has 0 N–H and O–H groups in total. The van der Waals surface area contributed by atoms with Crippen LogP contribution in [0.5, 0.6) is 0 Å². The van der Waals surface area contributed by atoms with Gasteiger partial charge in [-0.3, -0.25) is 14.4 Å². The summed E-state index contributed by atoms with van der Waals surface area (Å²) in [7, 11) is 1.43. The molecule has 0 aliphatic heterocycles. The van der Waals surface area contributed by atoms with Crippen LogP contribution in [0.4, 0.5) is 0 Å². The molecular weight excluding hydrogens is 296 g/mol. The zero-order chi connectivity index (χ0) is 16.9. The Bertz CT molecular complexity index is 712. The summed E-state index contributed by atoms with van der Waals surface area (Å²) in [6.07, 6.45) is 6.64. The second kappa shape index (κ2) is 6.87. The first-order valence-electron chi connectivity index (χ1n) is 6.94. The SMILES string of the molecule is COC1=CC(=O)C(C=CC(=O)c2ccccc2)(OC(C)=O)C=C1. The van der Waals surface area contributed by atoms with E-state index in [9.17, 15) is 14.4 Å². The highest BCUT2D eigenvalue weighted by atomic mass is 16.6. The number of ketones is 2. The minimum atomic E-state index is -1.63. The number of hydrogen-bond acceptors (Lipinski definition) is 5. The van der Waals surface area contributed by atoms with Gasteiger partial charge >= 0.3 is 5.97 Å². The van der Waals surface area contributed by atoms with Crippen molar-refractivity contribution in [1.82, 2.24) is 0 Å². The van der Waals surface area contributed by atoms with Gasteiger partial charge in [-0.15, -0.1) is 0 Å². The normalized spacial score (nSPS) is 20.3. The van der Waals surface area contributed by atoms with Crippen LogP contribution in [0.15, 0.2) is 66.5 Å². The lowest BCUT2D eigenvalue weighted by atomic mass is 9.91. The van der Waals surface area contributed by atoms with Crippen molar-refractivity contribution in [3.05, 3.63) is 72.0 Å². The Morgan fingerprint density at radius 3 is 2.43 bits per heavy atom. The highest BCUT2D eigenvalue weighted by molar-refractivity contribution is 6.07. The average molecular weight is 312 g/mol.